The fourth-order valence-corrected chi connectivity index (χ4v) is 2.48. The SMILES string of the molecule is NNC1CCC(Cc2ccccc2)CC1. The number of hydrazine groups is 1. The standard InChI is InChI=1S/C13H20N2/c14-15-13-8-6-12(7-9-13)10-11-4-2-1-3-5-11/h1-5,12-13,15H,6-10,14H2. The Morgan fingerprint density at radius 3 is 2.33 bits per heavy atom. The smallest absolute Gasteiger partial charge is 0.0210 e. The molecule has 0 saturated heterocycles. The Hall–Kier alpha value is -0.860. The van der Waals surface area contributed by atoms with E-state index in [1.54, 1.807) is 0 Å². The first-order chi connectivity index (χ1) is 7.38. The van der Waals surface area contributed by atoms with Crippen molar-refractivity contribution < 1.29 is 0 Å². The van der Waals surface area contributed by atoms with Gasteiger partial charge in [-0.25, -0.2) is 0 Å². The van der Waals surface area contributed by atoms with E-state index in [0.29, 0.717) is 6.04 Å². The maximum Gasteiger partial charge on any atom is 0.0210 e. The van der Waals surface area contributed by atoms with E-state index in [0.717, 1.165) is 5.92 Å². The van der Waals surface area contributed by atoms with Crippen LogP contribution in [-0.4, -0.2) is 6.04 Å². The van der Waals surface area contributed by atoms with E-state index in [-0.39, 0.29) is 0 Å². The molecule has 0 heterocycles. The van der Waals surface area contributed by atoms with Crippen molar-refractivity contribution in [1.82, 2.24) is 5.43 Å². The molecule has 15 heavy (non-hydrogen) atoms. The number of benzene rings is 1. The molecule has 3 N–H and O–H groups in total. The molecule has 82 valence electrons. The Labute approximate surface area is 91.8 Å². The Morgan fingerprint density at radius 2 is 1.73 bits per heavy atom. The third-order valence-electron chi connectivity index (χ3n) is 3.45. The molecular weight excluding hydrogens is 184 g/mol. The molecule has 1 fully saturated rings. The summed E-state index contributed by atoms with van der Waals surface area (Å²) in [6.07, 6.45) is 6.31. The van der Waals surface area contributed by atoms with Gasteiger partial charge in [0, 0.05) is 6.04 Å². The molecule has 1 aromatic carbocycles. The topological polar surface area (TPSA) is 38.0 Å². The Morgan fingerprint density at radius 1 is 1.07 bits per heavy atom. The minimum atomic E-state index is 0.553. The largest absolute Gasteiger partial charge is 0.271 e. The molecule has 0 atom stereocenters. The number of nitrogens with two attached hydrogens (primary N) is 1. The number of hydrogen-bond acceptors (Lipinski definition) is 2. The predicted octanol–water partition coefficient (Wildman–Crippen LogP) is 2.25. The lowest BCUT2D eigenvalue weighted by Gasteiger charge is -2.27. The molecule has 0 radical (unpaired) electrons. The van der Waals surface area contributed by atoms with Crippen molar-refractivity contribution in [3.05, 3.63) is 35.9 Å². The maximum absolute atomic E-state index is 5.45. The van der Waals surface area contributed by atoms with Crippen LogP contribution in [0.4, 0.5) is 0 Å². The van der Waals surface area contributed by atoms with Gasteiger partial charge in [0.25, 0.3) is 0 Å². The Kier molecular flexibility index (Phi) is 3.75. The third kappa shape index (κ3) is 3.05. The number of hydrogen-bond donors (Lipinski definition) is 2. The molecule has 0 amide bonds. The van der Waals surface area contributed by atoms with Crippen LogP contribution in [0.3, 0.4) is 0 Å². The quantitative estimate of drug-likeness (QED) is 0.585. The van der Waals surface area contributed by atoms with Crippen molar-refractivity contribution in [2.45, 2.75) is 38.1 Å². The second-order valence-electron chi connectivity index (χ2n) is 4.57. The van der Waals surface area contributed by atoms with Crippen molar-refractivity contribution in [2.75, 3.05) is 0 Å². The van der Waals surface area contributed by atoms with Gasteiger partial charge in [-0.3, -0.25) is 11.3 Å². The monoisotopic (exact) mass is 204 g/mol. The average molecular weight is 204 g/mol. The van der Waals surface area contributed by atoms with Gasteiger partial charge in [0.15, 0.2) is 0 Å². The van der Waals surface area contributed by atoms with Gasteiger partial charge in [-0.1, -0.05) is 30.3 Å². The van der Waals surface area contributed by atoms with Crippen LogP contribution in [0.15, 0.2) is 30.3 Å². The highest BCUT2D eigenvalue weighted by atomic mass is 15.2. The molecular formula is C13H20N2. The van der Waals surface area contributed by atoms with Gasteiger partial charge in [0.1, 0.15) is 0 Å². The van der Waals surface area contributed by atoms with Crippen LogP contribution in [0, 0.1) is 5.92 Å². The first kappa shape index (κ1) is 10.7. The lowest BCUT2D eigenvalue weighted by atomic mass is 9.83. The van der Waals surface area contributed by atoms with Crippen molar-refractivity contribution >= 4 is 0 Å². The molecule has 0 spiro atoms. The first-order valence-electron chi connectivity index (χ1n) is 5.88. The number of nitrogens with one attached hydrogen (secondary N) is 1. The zero-order valence-corrected chi connectivity index (χ0v) is 9.15. The highest BCUT2D eigenvalue weighted by Crippen LogP contribution is 2.26. The summed E-state index contributed by atoms with van der Waals surface area (Å²) in [5.74, 6) is 6.31. The zero-order valence-electron chi connectivity index (χ0n) is 9.15. The van der Waals surface area contributed by atoms with Gasteiger partial charge < -0.3 is 0 Å². The van der Waals surface area contributed by atoms with E-state index in [2.05, 4.69) is 35.8 Å². The highest BCUT2D eigenvalue weighted by molar-refractivity contribution is 5.15. The summed E-state index contributed by atoms with van der Waals surface area (Å²) >= 11 is 0. The molecule has 0 aliphatic heterocycles. The van der Waals surface area contributed by atoms with E-state index in [1.807, 2.05) is 0 Å². The molecule has 0 unspecified atom stereocenters. The average Bonchev–Trinajstić information content (AvgIpc) is 2.31. The van der Waals surface area contributed by atoms with Crippen LogP contribution in [0.5, 0.6) is 0 Å². The van der Waals surface area contributed by atoms with Crippen LogP contribution >= 0.6 is 0 Å². The summed E-state index contributed by atoms with van der Waals surface area (Å²) < 4.78 is 0. The van der Waals surface area contributed by atoms with Crippen molar-refractivity contribution in [3.63, 3.8) is 0 Å². The third-order valence-corrected chi connectivity index (χ3v) is 3.45. The molecule has 1 aromatic rings. The second kappa shape index (κ2) is 5.29. The molecule has 0 aromatic heterocycles. The van der Waals surface area contributed by atoms with Crippen LogP contribution in [0.2, 0.25) is 0 Å². The molecule has 1 aliphatic carbocycles. The van der Waals surface area contributed by atoms with E-state index in [1.165, 1.54) is 37.7 Å². The van der Waals surface area contributed by atoms with Crippen LogP contribution in [0.25, 0.3) is 0 Å². The summed E-state index contributed by atoms with van der Waals surface area (Å²) in [5, 5.41) is 0. The van der Waals surface area contributed by atoms with Gasteiger partial charge in [-0.05, 0) is 43.6 Å². The molecule has 2 heteroatoms. The van der Waals surface area contributed by atoms with E-state index >= 15 is 0 Å². The minimum Gasteiger partial charge on any atom is -0.271 e. The zero-order chi connectivity index (χ0) is 10.5. The van der Waals surface area contributed by atoms with Gasteiger partial charge in [-0.15, -0.1) is 0 Å². The maximum atomic E-state index is 5.45. The van der Waals surface area contributed by atoms with Crippen molar-refractivity contribution in [3.8, 4) is 0 Å². The molecule has 2 rings (SSSR count). The van der Waals surface area contributed by atoms with E-state index in [9.17, 15) is 0 Å². The first-order valence-corrected chi connectivity index (χ1v) is 5.88. The fourth-order valence-electron chi connectivity index (χ4n) is 2.48. The second-order valence-corrected chi connectivity index (χ2v) is 4.57. The molecule has 1 saturated carbocycles. The lowest BCUT2D eigenvalue weighted by Crippen LogP contribution is -2.38. The molecule has 0 bridgehead atoms. The molecule has 2 nitrogen and oxygen atoms in total. The van der Waals surface area contributed by atoms with Crippen LogP contribution in [0.1, 0.15) is 31.2 Å². The van der Waals surface area contributed by atoms with Gasteiger partial charge in [0.2, 0.25) is 0 Å². The van der Waals surface area contributed by atoms with Crippen molar-refractivity contribution in [1.29, 1.82) is 0 Å². The van der Waals surface area contributed by atoms with Gasteiger partial charge >= 0.3 is 0 Å². The summed E-state index contributed by atoms with van der Waals surface area (Å²) in [6.45, 7) is 0. The Balaban J connectivity index is 1.82. The van der Waals surface area contributed by atoms with Crippen LogP contribution < -0.4 is 11.3 Å². The summed E-state index contributed by atoms with van der Waals surface area (Å²) in [5.41, 5.74) is 4.36. The Bertz CT molecular complexity index is 276. The normalized spacial score (nSPS) is 26.5. The van der Waals surface area contributed by atoms with E-state index in [4.69, 9.17) is 5.84 Å². The fraction of sp³-hybridized carbons (Fsp3) is 0.538. The summed E-state index contributed by atoms with van der Waals surface area (Å²) in [6, 6.07) is 11.3. The minimum absolute atomic E-state index is 0.553. The van der Waals surface area contributed by atoms with Crippen molar-refractivity contribution in [2.24, 2.45) is 11.8 Å². The lowest BCUT2D eigenvalue weighted by molar-refractivity contribution is 0.293. The van der Waals surface area contributed by atoms with Gasteiger partial charge in [-0.2, -0.15) is 0 Å². The van der Waals surface area contributed by atoms with E-state index < -0.39 is 0 Å². The number of rotatable bonds is 3. The summed E-state index contributed by atoms with van der Waals surface area (Å²) in [4.78, 5) is 0. The van der Waals surface area contributed by atoms with Crippen LogP contribution in [-0.2, 0) is 6.42 Å². The molecule has 1 aliphatic rings. The predicted molar refractivity (Wildman–Crippen MR) is 63.2 cm³/mol. The summed E-state index contributed by atoms with van der Waals surface area (Å²) in [7, 11) is 0. The highest BCUT2D eigenvalue weighted by Gasteiger charge is 2.19. The van der Waals surface area contributed by atoms with Gasteiger partial charge in [0.05, 0.1) is 0 Å².